The molecule has 0 bridgehead atoms. The molecule has 0 radical (unpaired) electrons. The standard InChI is InChI=1S/C15H22N2O4S/c1-4-11(5-2)16-14(18)21-12-8-7-9-13(10-12)22-17(6-3)15(19)20/h7-11H,4-6H2,1-3H3,(H,16,18)(H,19,20). The number of rotatable bonds is 7. The van der Waals surface area contributed by atoms with Crippen LogP contribution >= 0.6 is 11.9 Å². The third-order valence-electron chi connectivity index (χ3n) is 3.04. The highest BCUT2D eigenvalue weighted by Gasteiger charge is 2.13. The van der Waals surface area contributed by atoms with E-state index in [-0.39, 0.29) is 6.04 Å². The Bertz CT molecular complexity index is 506. The molecule has 0 unspecified atom stereocenters. The minimum absolute atomic E-state index is 0.0904. The van der Waals surface area contributed by atoms with Gasteiger partial charge in [0, 0.05) is 17.5 Å². The number of nitrogens with zero attached hydrogens (tertiary/aromatic N) is 1. The third kappa shape index (κ3) is 5.85. The van der Waals surface area contributed by atoms with Crippen molar-refractivity contribution in [2.24, 2.45) is 0 Å². The zero-order chi connectivity index (χ0) is 16.5. The summed E-state index contributed by atoms with van der Waals surface area (Å²) in [6.45, 7) is 6.11. The van der Waals surface area contributed by atoms with Crippen LogP contribution in [0.1, 0.15) is 33.6 Å². The lowest BCUT2D eigenvalue weighted by atomic mass is 10.2. The molecule has 1 aromatic rings. The van der Waals surface area contributed by atoms with Crippen molar-refractivity contribution < 1.29 is 19.4 Å². The molecule has 0 saturated heterocycles. The minimum Gasteiger partial charge on any atom is -0.464 e. The zero-order valence-corrected chi connectivity index (χ0v) is 13.9. The molecule has 122 valence electrons. The van der Waals surface area contributed by atoms with E-state index >= 15 is 0 Å². The van der Waals surface area contributed by atoms with Crippen LogP contribution in [0.2, 0.25) is 0 Å². The highest BCUT2D eigenvalue weighted by atomic mass is 32.2. The summed E-state index contributed by atoms with van der Waals surface area (Å²) in [5.41, 5.74) is 0. The number of carboxylic acid groups (broad SMARTS) is 1. The number of carbonyl (C=O) groups is 2. The summed E-state index contributed by atoms with van der Waals surface area (Å²) in [5, 5.41) is 11.8. The van der Waals surface area contributed by atoms with Crippen molar-refractivity contribution in [1.29, 1.82) is 0 Å². The van der Waals surface area contributed by atoms with E-state index in [9.17, 15) is 9.59 Å². The minimum atomic E-state index is -1.01. The second-order valence-electron chi connectivity index (χ2n) is 4.59. The van der Waals surface area contributed by atoms with Gasteiger partial charge in [-0.15, -0.1) is 0 Å². The topological polar surface area (TPSA) is 78.9 Å². The molecule has 0 aliphatic rings. The number of ether oxygens (including phenoxy) is 1. The molecule has 22 heavy (non-hydrogen) atoms. The Balaban J connectivity index is 2.67. The highest BCUT2D eigenvalue weighted by molar-refractivity contribution is 7.97. The first kappa shape index (κ1) is 18.2. The Hall–Kier alpha value is -1.89. The van der Waals surface area contributed by atoms with Crippen LogP contribution in [0.15, 0.2) is 29.2 Å². The van der Waals surface area contributed by atoms with E-state index in [0.717, 1.165) is 24.8 Å². The predicted molar refractivity (Wildman–Crippen MR) is 86.2 cm³/mol. The van der Waals surface area contributed by atoms with Gasteiger partial charge in [0.25, 0.3) is 0 Å². The summed E-state index contributed by atoms with van der Waals surface area (Å²) in [7, 11) is 0. The molecule has 2 N–H and O–H groups in total. The van der Waals surface area contributed by atoms with Crippen LogP contribution in [-0.4, -0.2) is 34.2 Å². The Morgan fingerprint density at radius 3 is 2.55 bits per heavy atom. The maximum Gasteiger partial charge on any atom is 0.417 e. The van der Waals surface area contributed by atoms with Crippen LogP contribution in [0.25, 0.3) is 0 Å². The van der Waals surface area contributed by atoms with Crippen molar-refractivity contribution >= 4 is 24.1 Å². The van der Waals surface area contributed by atoms with E-state index in [2.05, 4.69) is 5.32 Å². The molecule has 0 aliphatic heterocycles. The van der Waals surface area contributed by atoms with Gasteiger partial charge in [0.1, 0.15) is 5.75 Å². The first-order valence-electron chi connectivity index (χ1n) is 7.26. The maximum absolute atomic E-state index is 11.8. The van der Waals surface area contributed by atoms with Gasteiger partial charge in [-0.05, 0) is 49.9 Å². The Morgan fingerprint density at radius 1 is 1.32 bits per heavy atom. The van der Waals surface area contributed by atoms with Crippen molar-refractivity contribution in [3.05, 3.63) is 24.3 Å². The van der Waals surface area contributed by atoms with Gasteiger partial charge < -0.3 is 15.2 Å². The van der Waals surface area contributed by atoms with Gasteiger partial charge in [-0.3, -0.25) is 0 Å². The zero-order valence-electron chi connectivity index (χ0n) is 13.0. The first-order valence-corrected chi connectivity index (χ1v) is 8.04. The number of benzene rings is 1. The van der Waals surface area contributed by atoms with Gasteiger partial charge in [-0.1, -0.05) is 19.9 Å². The van der Waals surface area contributed by atoms with Crippen molar-refractivity contribution in [1.82, 2.24) is 9.62 Å². The summed E-state index contributed by atoms with van der Waals surface area (Å²) in [6, 6.07) is 6.88. The Labute approximate surface area is 135 Å². The molecule has 7 heteroatoms. The van der Waals surface area contributed by atoms with Crippen molar-refractivity contribution in [2.75, 3.05) is 6.54 Å². The van der Waals surface area contributed by atoms with E-state index < -0.39 is 12.2 Å². The average molecular weight is 326 g/mol. The quantitative estimate of drug-likeness (QED) is 0.741. The van der Waals surface area contributed by atoms with Gasteiger partial charge in [-0.2, -0.15) is 0 Å². The summed E-state index contributed by atoms with van der Waals surface area (Å²) in [5.74, 6) is 0.384. The largest absolute Gasteiger partial charge is 0.464 e. The van der Waals surface area contributed by atoms with E-state index in [1.165, 1.54) is 4.31 Å². The molecule has 0 saturated carbocycles. The van der Waals surface area contributed by atoms with E-state index in [0.29, 0.717) is 17.2 Å². The lowest BCUT2D eigenvalue weighted by Crippen LogP contribution is -2.35. The molecule has 0 fully saturated rings. The van der Waals surface area contributed by atoms with Gasteiger partial charge in [0.15, 0.2) is 0 Å². The fourth-order valence-corrected chi connectivity index (χ4v) is 2.53. The number of nitrogens with one attached hydrogen (secondary N) is 1. The molecular weight excluding hydrogens is 304 g/mol. The first-order chi connectivity index (χ1) is 10.5. The van der Waals surface area contributed by atoms with Crippen LogP contribution < -0.4 is 10.1 Å². The predicted octanol–water partition coefficient (Wildman–Crippen LogP) is 3.97. The van der Waals surface area contributed by atoms with Crippen LogP contribution in [0.5, 0.6) is 5.75 Å². The second kappa shape index (κ2) is 9.19. The van der Waals surface area contributed by atoms with Crippen molar-refractivity contribution in [2.45, 2.75) is 44.6 Å². The SMILES string of the molecule is CCC(CC)NC(=O)Oc1cccc(SN(CC)C(=O)O)c1. The third-order valence-corrected chi connectivity index (χ3v) is 4.14. The van der Waals surface area contributed by atoms with Crippen LogP contribution in [0, 0.1) is 0 Å². The van der Waals surface area contributed by atoms with Gasteiger partial charge in [0.2, 0.25) is 0 Å². The number of hydrogen-bond donors (Lipinski definition) is 2. The summed E-state index contributed by atoms with van der Waals surface area (Å²) >= 11 is 1.08. The molecule has 6 nitrogen and oxygen atoms in total. The Kier molecular flexibility index (Phi) is 7.59. The van der Waals surface area contributed by atoms with Gasteiger partial charge in [0.05, 0.1) is 0 Å². The summed E-state index contributed by atoms with van der Waals surface area (Å²) < 4.78 is 6.43. The number of amides is 2. The van der Waals surface area contributed by atoms with Crippen molar-refractivity contribution in [3.63, 3.8) is 0 Å². The van der Waals surface area contributed by atoms with E-state index in [4.69, 9.17) is 9.84 Å². The highest BCUT2D eigenvalue weighted by Crippen LogP contribution is 2.26. The molecule has 0 spiro atoms. The number of hydrogen-bond acceptors (Lipinski definition) is 4. The molecular formula is C15H22N2O4S. The number of carbonyl (C=O) groups excluding carboxylic acids is 1. The lowest BCUT2D eigenvalue weighted by Gasteiger charge is -2.16. The fraction of sp³-hybridized carbons (Fsp3) is 0.467. The van der Waals surface area contributed by atoms with Crippen LogP contribution in [0.4, 0.5) is 9.59 Å². The molecule has 2 amide bonds. The van der Waals surface area contributed by atoms with Gasteiger partial charge in [-0.25, -0.2) is 13.9 Å². The normalized spacial score (nSPS) is 10.4. The summed E-state index contributed by atoms with van der Waals surface area (Å²) in [6.07, 6.45) is 0.170. The molecule has 1 rings (SSSR count). The van der Waals surface area contributed by atoms with Crippen LogP contribution in [-0.2, 0) is 0 Å². The molecule has 1 aromatic carbocycles. The van der Waals surface area contributed by atoms with Crippen LogP contribution in [0.3, 0.4) is 0 Å². The Morgan fingerprint density at radius 2 is 2.00 bits per heavy atom. The maximum atomic E-state index is 11.8. The summed E-state index contributed by atoms with van der Waals surface area (Å²) in [4.78, 5) is 23.5. The van der Waals surface area contributed by atoms with E-state index in [1.54, 1.807) is 31.2 Å². The second-order valence-corrected chi connectivity index (χ2v) is 5.69. The fourth-order valence-electron chi connectivity index (χ4n) is 1.76. The smallest absolute Gasteiger partial charge is 0.417 e. The average Bonchev–Trinajstić information content (AvgIpc) is 2.50. The van der Waals surface area contributed by atoms with E-state index in [1.807, 2.05) is 13.8 Å². The molecule has 0 aliphatic carbocycles. The lowest BCUT2D eigenvalue weighted by molar-refractivity contribution is 0.176. The van der Waals surface area contributed by atoms with Crippen molar-refractivity contribution in [3.8, 4) is 5.75 Å². The monoisotopic (exact) mass is 326 g/mol. The molecule has 0 aromatic heterocycles. The van der Waals surface area contributed by atoms with Gasteiger partial charge >= 0.3 is 12.2 Å². The molecule has 0 heterocycles. The molecule has 0 atom stereocenters.